The fraction of sp³-hybridized carbons (Fsp3) is 0.818. The summed E-state index contributed by atoms with van der Waals surface area (Å²) in [6, 6.07) is -1.32. The summed E-state index contributed by atoms with van der Waals surface area (Å²) in [6.45, 7) is 3.23. The maximum Gasteiger partial charge on any atom is 0.321 e. The summed E-state index contributed by atoms with van der Waals surface area (Å²) in [5.74, 6) is -3.24. The van der Waals surface area contributed by atoms with Gasteiger partial charge in [0.05, 0.1) is 12.0 Å². The molecular formula is C11H19NO5S. The number of nitrogens with one attached hydrogen (secondary N) is 1. The second-order valence-corrected chi connectivity index (χ2v) is 5.69. The third-order valence-corrected chi connectivity index (χ3v) is 4.76. The van der Waals surface area contributed by atoms with Crippen LogP contribution in [0.3, 0.4) is 0 Å². The molecule has 104 valence electrons. The third-order valence-electron chi connectivity index (χ3n) is 3.52. The Morgan fingerprint density at radius 3 is 2.17 bits per heavy atom. The number of rotatable bonds is 5. The quantitative estimate of drug-likeness (QED) is 0.554. The zero-order valence-electron chi connectivity index (χ0n) is 10.5. The van der Waals surface area contributed by atoms with Crippen molar-refractivity contribution in [2.75, 3.05) is 6.26 Å². The Hall–Kier alpha value is -0.790. The van der Waals surface area contributed by atoms with Gasteiger partial charge in [-0.1, -0.05) is 6.92 Å². The van der Waals surface area contributed by atoms with Crippen LogP contribution < -0.4 is 5.32 Å². The molecule has 1 rings (SSSR count). The molecule has 1 saturated heterocycles. The number of carboxylic acids is 2. The molecule has 1 aliphatic rings. The van der Waals surface area contributed by atoms with Crippen LogP contribution in [-0.4, -0.2) is 57.0 Å². The van der Waals surface area contributed by atoms with Crippen LogP contribution in [0.2, 0.25) is 0 Å². The molecular weight excluding hydrogens is 258 g/mol. The van der Waals surface area contributed by atoms with E-state index in [1.54, 1.807) is 6.26 Å². The van der Waals surface area contributed by atoms with E-state index in [0.717, 1.165) is 0 Å². The number of hydrogen-bond donors (Lipinski definition) is 4. The molecule has 0 aromatic carbocycles. The fourth-order valence-electron chi connectivity index (χ4n) is 2.62. The van der Waals surface area contributed by atoms with Crippen molar-refractivity contribution >= 4 is 23.7 Å². The van der Waals surface area contributed by atoms with Gasteiger partial charge in [0.15, 0.2) is 0 Å². The molecule has 1 heterocycles. The molecule has 7 heteroatoms. The molecule has 0 spiro atoms. The van der Waals surface area contributed by atoms with E-state index in [2.05, 4.69) is 5.32 Å². The van der Waals surface area contributed by atoms with Crippen LogP contribution in [0.15, 0.2) is 0 Å². The second kappa shape index (κ2) is 5.90. The van der Waals surface area contributed by atoms with Crippen LogP contribution >= 0.6 is 11.8 Å². The van der Waals surface area contributed by atoms with Gasteiger partial charge in [0, 0.05) is 11.3 Å². The normalized spacial score (nSPS) is 35.1. The summed E-state index contributed by atoms with van der Waals surface area (Å²) < 4.78 is 0. The number of thioether (sulfide) groups is 1. The number of aliphatic hydroxyl groups excluding tert-OH is 1. The molecule has 0 aromatic rings. The molecule has 1 unspecified atom stereocenters. The lowest BCUT2D eigenvalue weighted by atomic mass is 9.87. The van der Waals surface area contributed by atoms with E-state index >= 15 is 0 Å². The average molecular weight is 277 g/mol. The van der Waals surface area contributed by atoms with E-state index in [-0.39, 0.29) is 11.2 Å². The number of carboxylic acid groups (broad SMARTS) is 2. The Bertz CT molecular complexity index is 335. The van der Waals surface area contributed by atoms with Crippen LogP contribution in [0, 0.1) is 11.8 Å². The van der Waals surface area contributed by atoms with E-state index in [4.69, 9.17) is 10.2 Å². The first kappa shape index (κ1) is 15.3. The van der Waals surface area contributed by atoms with E-state index in [1.165, 1.54) is 18.7 Å². The van der Waals surface area contributed by atoms with Gasteiger partial charge in [-0.25, -0.2) is 0 Å². The van der Waals surface area contributed by atoms with Gasteiger partial charge < -0.3 is 15.3 Å². The van der Waals surface area contributed by atoms with Crippen molar-refractivity contribution in [3.05, 3.63) is 0 Å². The van der Waals surface area contributed by atoms with E-state index < -0.39 is 36.0 Å². The zero-order chi connectivity index (χ0) is 14.0. The van der Waals surface area contributed by atoms with Gasteiger partial charge in [-0.15, -0.1) is 0 Å². The molecule has 0 aliphatic carbocycles. The van der Waals surface area contributed by atoms with Crippen molar-refractivity contribution in [1.82, 2.24) is 5.32 Å². The Morgan fingerprint density at radius 2 is 1.89 bits per heavy atom. The van der Waals surface area contributed by atoms with E-state index in [9.17, 15) is 14.7 Å². The molecule has 6 nitrogen and oxygen atoms in total. The summed E-state index contributed by atoms with van der Waals surface area (Å²) >= 11 is 1.40. The molecule has 0 radical (unpaired) electrons. The van der Waals surface area contributed by atoms with Gasteiger partial charge >= 0.3 is 11.9 Å². The Labute approximate surface area is 110 Å². The van der Waals surface area contributed by atoms with Crippen LogP contribution in [0.1, 0.15) is 13.8 Å². The summed E-state index contributed by atoms with van der Waals surface area (Å²) in [7, 11) is 0. The van der Waals surface area contributed by atoms with Gasteiger partial charge in [-0.2, -0.15) is 11.8 Å². The fourth-order valence-corrected chi connectivity index (χ4v) is 3.68. The van der Waals surface area contributed by atoms with Gasteiger partial charge in [0.2, 0.25) is 0 Å². The van der Waals surface area contributed by atoms with Gasteiger partial charge in [0.25, 0.3) is 0 Å². The Kier molecular flexibility index (Phi) is 5.01. The molecule has 0 bridgehead atoms. The number of aliphatic hydroxyl groups is 1. The molecule has 1 fully saturated rings. The molecule has 0 amide bonds. The van der Waals surface area contributed by atoms with Gasteiger partial charge in [-0.05, 0) is 19.1 Å². The second-order valence-electron chi connectivity index (χ2n) is 4.67. The van der Waals surface area contributed by atoms with Crippen molar-refractivity contribution in [3.63, 3.8) is 0 Å². The summed E-state index contributed by atoms with van der Waals surface area (Å²) in [5.41, 5.74) is 0. The minimum atomic E-state index is -1.11. The average Bonchev–Trinajstić information content (AvgIpc) is 2.55. The molecule has 1 aliphatic heterocycles. The minimum absolute atomic E-state index is 0.142. The lowest BCUT2D eigenvalue weighted by molar-refractivity contribution is -0.147. The summed E-state index contributed by atoms with van der Waals surface area (Å²) in [6.07, 6.45) is 0.775. The molecule has 0 saturated carbocycles. The first-order valence-corrected chi connectivity index (χ1v) is 7.02. The molecule has 6 atom stereocenters. The van der Waals surface area contributed by atoms with Crippen molar-refractivity contribution in [2.45, 2.75) is 37.3 Å². The number of aliphatic carboxylic acids is 2. The highest BCUT2D eigenvalue weighted by Gasteiger charge is 2.49. The first-order chi connectivity index (χ1) is 8.31. The zero-order valence-corrected chi connectivity index (χ0v) is 11.3. The monoisotopic (exact) mass is 277 g/mol. The number of carbonyl (C=O) groups is 2. The first-order valence-electron chi connectivity index (χ1n) is 5.73. The smallest absolute Gasteiger partial charge is 0.321 e. The van der Waals surface area contributed by atoms with Crippen LogP contribution in [0.4, 0.5) is 0 Å². The standard InChI is InChI=1S/C11H19NO5S/c1-4-7(6(5(2)13)10(14)15)12-8(11(16)17)9(4)18-3/h4-9,12-13H,1-3H3,(H,14,15)(H,16,17)/t4-,5-,6-,7-,8?,9+/m1/s1. The highest BCUT2D eigenvalue weighted by Crippen LogP contribution is 2.34. The maximum absolute atomic E-state index is 11.2. The summed E-state index contributed by atoms with van der Waals surface area (Å²) in [4.78, 5) is 22.3. The Morgan fingerprint density at radius 1 is 1.33 bits per heavy atom. The SMILES string of the molecule is CS[C@@H]1C(C(=O)O)N[C@@H]([C@H](C(=O)O)[C@@H](C)O)[C@H]1C. The van der Waals surface area contributed by atoms with Crippen molar-refractivity contribution in [1.29, 1.82) is 0 Å². The molecule has 18 heavy (non-hydrogen) atoms. The number of hydrogen-bond acceptors (Lipinski definition) is 5. The Balaban J connectivity index is 2.97. The minimum Gasteiger partial charge on any atom is -0.481 e. The molecule has 4 N–H and O–H groups in total. The highest BCUT2D eigenvalue weighted by atomic mass is 32.2. The lowest BCUT2D eigenvalue weighted by Crippen LogP contribution is -2.47. The predicted octanol–water partition coefficient (Wildman–Crippen LogP) is -0.139. The topological polar surface area (TPSA) is 107 Å². The highest BCUT2D eigenvalue weighted by molar-refractivity contribution is 7.99. The van der Waals surface area contributed by atoms with E-state index in [0.29, 0.717) is 0 Å². The van der Waals surface area contributed by atoms with Crippen LogP contribution in [0.25, 0.3) is 0 Å². The largest absolute Gasteiger partial charge is 0.481 e. The van der Waals surface area contributed by atoms with Gasteiger partial charge in [-0.3, -0.25) is 14.9 Å². The lowest BCUT2D eigenvalue weighted by Gasteiger charge is -2.26. The van der Waals surface area contributed by atoms with Crippen molar-refractivity contribution < 1.29 is 24.9 Å². The van der Waals surface area contributed by atoms with Crippen LogP contribution in [-0.2, 0) is 9.59 Å². The maximum atomic E-state index is 11.2. The van der Waals surface area contributed by atoms with Crippen molar-refractivity contribution in [2.24, 2.45) is 11.8 Å². The molecule has 0 aromatic heterocycles. The van der Waals surface area contributed by atoms with Gasteiger partial charge in [0.1, 0.15) is 6.04 Å². The van der Waals surface area contributed by atoms with Crippen LogP contribution in [0.5, 0.6) is 0 Å². The summed E-state index contributed by atoms with van der Waals surface area (Å²) in [5, 5.41) is 30.5. The predicted molar refractivity (Wildman–Crippen MR) is 67.6 cm³/mol. The van der Waals surface area contributed by atoms with E-state index in [1.807, 2.05) is 6.92 Å². The third kappa shape index (κ3) is 2.78. The van der Waals surface area contributed by atoms with Crippen molar-refractivity contribution in [3.8, 4) is 0 Å².